The Hall–Kier alpha value is -0.460. The summed E-state index contributed by atoms with van der Waals surface area (Å²) in [4.78, 5) is 12.9. The van der Waals surface area contributed by atoms with Gasteiger partial charge in [0.25, 0.3) is 0 Å². The summed E-state index contributed by atoms with van der Waals surface area (Å²) < 4.78 is 1.68. The van der Waals surface area contributed by atoms with Crippen molar-refractivity contribution in [2.75, 3.05) is 5.32 Å². The Morgan fingerprint density at radius 3 is 2.25 bits per heavy atom. The predicted molar refractivity (Wildman–Crippen MR) is 92.9 cm³/mol. The van der Waals surface area contributed by atoms with E-state index < -0.39 is 5.41 Å². The summed E-state index contributed by atoms with van der Waals surface area (Å²) in [6.07, 6.45) is 3.44. The van der Waals surface area contributed by atoms with Crippen LogP contribution in [0.2, 0.25) is 0 Å². The number of hydrogen-bond acceptors (Lipinski definition) is 2. The minimum Gasteiger partial charge on any atom is -0.392 e. The van der Waals surface area contributed by atoms with Gasteiger partial charge < -0.3 is 11.1 Å². The molecular formula is C14H16Br2N2OS. The summed E-state index contributed by atoms with van der Waals surface area (Å²) in [6, 6.07) is 3.92. The van der Waals surface area contributed by atoms with Crippen molar-refractivity contribution in [2.24, 2.45) is 11.1 Å². The highest BCUT2D eigenvalue weighted by Gasteiger charge is 2.44. The zero-order chi connectivity index (χ0) is 14.9. The molecule has 3 nitrogen and oxygen atoms in total. The molecule has 1 aliphatic carbocycles. The molecule has 3 N–H and O–H groups in total. The second-order valence-corrected chi connectivity index (χ2v) is 7.36. The van der Waals surface area contributed by atoms with Crippen LogP contribution in [0.3, 0.4) is 0 Å². The Balaban J connectivity index is 2.30. The van der Waals surface area contributed by atoms with Crippen molar-refractivity contribution >= 4 is 60.7 Å². The van der Waals surface area contributed by atoms with Crippen molar-refractivity contribution in [1.82, 2.24) is 0 Å². The van der Waals surface area contributed by atoms with Gasteiger partial charge in [-0.25, -0.2) is 0 Å². The molecule has 0 radical (unpaired) electrons. The van der Waals surface area contributed by atoms with E-state index in [1.165, 1.54) is 0 Å². The number of anilines is 1. The lowest BCUT2D eigenvalue weighted by atomic mass is 9.85. The maximum Gasteiger partial charge on any atom is 0.237 e. The molecule has 0 spiro atoms. The summed E-state index contributed by atoms with van der Waals surface area (Å²) in [5.41, 5.74) is 6.97. The Bertz CT molecular complexity index is 545. The Morgan fingerprint density at radius 1 is 1.30 bits per heavy atom. The van der Waals surface area contributed by atoms with Crippen molar-refractivity contribution in [1.29, 1.82) is 0 Å². The van der Waals surface area contributed by atoms with Crippen molar-refractivity contribution in [2.45, 2.75) is 32.6 Å². The average molecular weight is 420 g/mol. The summed E-state index contributed by atoms with van der Waals surface area (Å²) in [6.45, 7) is 1.99. The number of nitrogens with two attached hydrogens (primary N) is 1. The molecule has 0 heterocycles. The summed E-state index contributed by atoms with van der Waals surface area (Å²) >= 11 is 12.1. The highest BCUT2D eigenvalue weighted by Crippen LogP contribution is 2.41. The van der Waals surface area contributed by atoms with Crippen molar-refractivity contribution in [3.8, 4) is 0 Å². The second-order valence-electron chi connectivity index (χ2n) is 5.21. The molecule has 6 heteroatoms. The molecule has 20 heavy (non-hydrogen) atoms. The van der Waals surface area contributed by atoms with Crippen LogP contribution in [0.4, 0.5) is 5.69 Å². The molecule has 0 atom stereocenters. The lowest BCUT2D eigenvalue weighted by Gasteiger charge is -2.26. The number of rotatable bonds is 3. The second kappa shape index (κ2) is 6.12. The Morgan fingerprint density at radius 2 is 1.80 bits per heavy atom. The molecule has 1 saturated carbocycles. The zero-order valence-corrected chi connectivity index (χ0v) is 15.1. The normalized spacial score (nSPS) is 16.9. The summed E-state index contributed by atoms with van der Waals surface area (Å²) in [7, 11) is 0. The van der Waals surface area contributed by atoms with Crippen molar-refractivity contribution < 1.29 is 4.79 Å². The largest absolute Gasteiger partial charge is 0.392 e. The highest BCUT2D eigenvalue weighted by atomic mass is 79.9. The molecule has 1 aromatic carbocycles. The monoisotopic (exact) mass is 418 g/mol. The van der Waals surface area contributed by atoms with E-state index in [4.69, 9.17) is 18.0 Å². The SMILES string of the molecule is Cc1cc(Br)c(NC(=O)C2(C(N)=S)CCCC2)c(Br)c1. The average Bonchev–Trinajstić information content (AvgIpc) is 2.83. The van der Waals surface area contributed by atoms with Gasteiger partial charge in [0, 0.05) is 8.95 Å². The van der Waals surface area contributed by atoms with Crippen LogP contribution >= 0.6 is 44.1 Å². The first kappa shape index (κ1) is 15.9. The van der Waals surface area contributed by atoms with Gasteiger partial charge in [-0.05, 0) is 69.3 Å². The Labute approximate surface area is 140 Å². The van der Waals surface area contributed by atoms with Gasteiger partial charge in [-0.2, -0.15) is 0 Å². The smallest absolute Gasteiger partial charge is 0.237 e. The van der Waals surface area contributed by atoms with E-state index in [0.29, 0.717) is 4.99 Å². The Kier molecular flexibility index (Phi) is 4.87. The number of nitrogens with one attached hydrogen (secondary N) is 1. The van der Waals surface area contributed by atoms with Gasteiger partial charge in [0.1, 0.15) is 0 Å². The number of thiocarbonyl (C=S) groups is 1. The van der Waals surface area contributed by atoms with Crippen molar-refractivity contribution in [3.63, 3.8) is 0 Å². The van der Waals surface area contributed by atoms with Crippen LogP contribution in [-0.2, 0) is 4.79 Å². The maximum absolute atomic E-state index is 12.6. The van der Waals surface area contributed by atoms with E-state index >= 15 is 0 Å². The van der Waals surface area contributed by atoms with Crippen LogP contribution in [0.25, 0.3) is 0 Å². The van der Waals surface area contributed by atoms with E-state index in [1.54, 1.807) is 0 Å². The molecule has 0 aromatic heterocycles. The number of aryl methyl sites for hydroxylation is 1. The maximum atomic E-state index is 12.6. The molecule has 108 valence electrons. The van der Waals surface area contributed by atoms with E-state index in [1.807, 2.05) is 19.1 Å². The quantitative estimate of drug-likeness (QED) is 0.717. The van der Waals surface area contributed by atoms with Crippen LogP contribution in [0.1, 0.15) is 31.2 Å². The highest BCUT2D eigenvalue weighted by molar-refractivity contribution is 9.11. The first-order valence-corrected chi connectivity index (χ1v) is 8.43. The molecule has 1 aliphatic rings. The zero-order valence-electron chi connectivity index (χ0n) is 11.1. The minimum absolute atomic E-state index is 0.104. The molecular weight excluding hydrogens is 404 g/mol. The number of halogens is 2. The number of hydrogen-bond donors (Lipinski definition) is 2. The number of carbonyl (C=O) groups excluding carboxylic acids is 1. The third kappa shape index (κ3) is 2.92. The van der Waals surface area contributed by atoms with Crippen LogP contribution < -0.4 is 11.1 Å². The van der Waals surface area contributed by atoms with Crippen LogP contribution in [-0.4, -0.2) is 10.9 Å². The van der Waals surface area contributed by atoms with Crippen LogP contribution in [0.5, 0.6) is 0 Å². The predicted octanol–water partition coefficient (Wildman–Crippen LogP) is 4.31. The van der Waals surface area contributed by atoms with Gasteiger partial charge in [0.15, 0.2) is 0 Å². The topological polar surface area (TPSA) is 55.1 Å². The fraction of sp³-hybridized carbons (Fsp3) is 0.429. The first-order chi connectivity index (χ1) is 9.36. The lowest BCUT2D eigenvalue weighted by molar-refractivity contribution is -0.122. The molecule has 2 rings (SSSR count). The van der Waals surface area contributed by atoms with Gasteiger partial charge in [0.05, 0.1) is 16.1 Å². The molecule has 1 amide bonds. The van der Waals surface area contributed by atoms with Gasteiger partial charge in [0.2, 0.25) is 5.91 Å². The van der Waals surface area contributed by atoms with Gasteiger partial charge in [-0.3, -0.25) is 4.79 Å². The number of amides is 1. The van der Waals surface area contributed by atoms with Gasteiger partial charge >= 0.3 is 0 Å². The molecule has 0 aliphatic heterocycles. The minimum atomic E-state index is -0.695. The summed E-state index contributed by atoms with van der Waals surface area (Å²) in [5.74, 6) is -0.104. The lowest BCUT2D eigenvalue weighted by Crippen LogP contribution is -2.44. The molecule has 0 saturated heterocycles. The first-order valence-electron chi connectivity index (χ1n) is 6.44. The molecule has 0 bridgehead atoms. The van der Waals surface area contributed by atoms with E-state index in [2.05, 4.69) is 37.2 Å². The fourth-order valence-corrected chi connectivity index (χ4v) is 4.53. The molecule has 1 aromatic rings. The van der Waals surface area contributed by atoms with Crippen molar-refractivity contribution in [3.05, 3.63) is 26.6 Å². The fourth-order valence-electron chi connectivity index (χ4n) is 2.62. The number of carbonyl (C=O) groups is 1. The van der Waals surface area contributed by atoms with E-state index in [9.17, 15) is 4.79 Å². The van der Waals surface area contributed by atoms with Gasteiger partial charge in [-0.1, -0.05) is 25.1 Å². The molecule has 1 fully saturated rings. The van der Waals surface area contributed by atoms with Crippen LogP contribution in [0.15, 0.2) is 21.1 Å². The molecule has 0 unspecified atom stereocenters. The standard InChI is InChI=1S/C14H16Br2N2OS/c1-8-6-9(15)11(10(16)7-8)18-13(19)14(12(17)20)4-2-3-5-14/h6-7H,2-5H2,1H3,(H2,17,20)(H,18,19). The number of benzene rings is 1. The third-order valence-electron chi connectivity index (χ3n) is 3.79. The summed E-state index contributed by atoms with van der Waals surface area (Å²) in [5, 5.41) is 2.97. The van der Waals surface area contributed by atoms with E-state index in [0.717, 1.165) is 45.9 Å². The van der Waals surface area contributed by atoms with Gasteiger partial charge in [-0.15, -0.1) is 0 Å². The van der Waals surface area contributed by atoms with Crippen LogP contribution in [0, 0.1) is 12.3 Å². The van der Waals surface area contributed by atoms with E-state index in [-0.39, 0.29) is 5.91 Å². The third-order valence-corrected chi connectivity index (χ3v) is 5.43.